The normalized spacial score (nSPS) is 19.9. The zero-order chi connectivity index (χ0) is 14.9. The zero-order valence-corrected chi connectivity index (χ0v) is 12.1. The van der Waals surface area contributed by atoms with Crippen LogP contribution in [0, 0.1) is 0 Å². The molecule has 0 aliphatic carbocycles. The van der Waals surface area contributed by atoms with Crippen LogP contribution in [0.4, 0.5) is 6.01 Å². The molecule has 1 atom stereocenters. The van der Waals surface area contributed by atoms with E-state index in [0.717, 1.165) is 6.54 Å². The van der Waals surface area contributed by atoms with Gasteiger partial charge in [-0.25, -0.2) is 0 Å². The third-order valence-electron chi connectivity index (χ3n) is 3.33. The number of carbonyl (C=O) groups excluding carboxylic acids is 2. The van der Waals surface area contributed by atoms with E-state index in [1.165, 1.54) is 4.90 Å². The van der Waals surface area contributed by atoms with Crippen LogP contribution in [0.1, 0.15) is 39.6 Å². The predicted molar refractivity (Wildman–Crippen MR) is 71.0 cm³/mol. The summed E-state index contributed by atoms with van der Waals surface area (Å²) in [5.74, 6) is -0.335. The van der Waals surface area contributed by atoms with Crippen LogP contribution in [0.3, 0.4) is 0 Å². The average Bonchev–Trinajstić information content (AvgIpc) is 2.83. The number of hydrogen-bond donors (Lipinski definition) is 2. The first kappa shape index (κ1) is 14.4. The van der Waals surface area contributed by atoms with Gasteiger partial charge < -0.3 is 14.6 Å². The van der Waals surface area contributed by atoms with Gasteiger partial charge in [-0.05, 0) is 27.3 Å². The predicted octanol–water partition coefficient (Wildman–Crippen LogP) is -0.0185. The Morgan fingerprint density at radius 1 is 1.45 bits per heavy atom. The molecule has 1 aliphatic rings. The maximum absolute atomic E-state index is 11.9. The van der Waals surface area contributed by atoms with E-state index in [2.05, 4.69) is 20.8 Å². The lowest BCUT2D eigenvalue weighted by atomic mass is 9.99. The van der Waals surface area contributed by atoms with Crippen molar-refractivity contribution in [2.24, 2.45) is 0 Å². The van der Waals surface area contributed by atoms with E-state index in [4.69, 9.17) is 4.42 Å². The van der Waals surface area contributed by atoms with Crippen LogP contribution in [0.5, 0.6) is 0 Å². The first-order valence-electron chi connectivity index (χ1n) is 6.55. The molecule has 0 spiro atoms. The van der Waals surface area contributed by atoms with Crippen LogP contribution in [-0.2, 0) is 9.59 Å². The van der Waals surface area contributed by atoms with Gasteiger partial charge in [-0.2, -0.15) is 0 Å². The molecule has 20 heavy (non-hydrogen) atoms. The van der Waals surface area contributed by atoms with E-state index in [9.17, 15) is 9.59 Å². The lowest BCUT2D eigenvalue weighted by molar-refractivity contribution is -0.135. The van der Waals surface area contributed by atoms with Crippen molar-refractivity contribution in [3.63, 3.8) is 0 Å². The Kier molecular flexibility index (Phi) is 3.76. The molecule has 1 aromatic rings. The molecular weight excluding hydrogens is 262 g/mol. The Morgan fingerprint density at radius 2 is 2.15 bits per heavy atom. The largest absolute Gasteiger partial charge is 0.406 e. The Morgan fingerprint density at radius 3 is 2.80 bits per heavy atom. The fourth-order valence-corrected chi connectivity index (χ4v) is 1.99. The van der Waals surface area contributed by atoms with Gasteiger partial charge in [0.2, 0.25) is 11.8 Å². The Hall–Kier alpha value is -1.96. The molecule has 1 aromatic heterocycles. The summed E-state index contributed by atoms with van der Waals surface area (Å²) >= 11 is 0. The molecule has 2 amide bonds. The molecule has 0 bridgehead atoms. The summed E-state index contributed by atoms with van der Waals surface area (Å²) in [7, 11) is 0. The Bertz CT molecular complexity index is 525. The van der Waals surface area contributed by atoms with Gasteiger partial charge in [0.1, 0.15) is 12.1 Å². The number of rotatable bonds is 4. The number of nitrogens with one attached hydrogen (secondary N) is 2. The number of imide groups is 1. The number of carbonyl (C=O) groups is 2. The number of anilines is 1. The van der Waals surface area contributed by atoms with Crippen LogP contribution >= 0.6 is 0 Å². The SMILES string of the molecule is CCNC(C)c1nnc(N2CC(=O)NC(=O)C2(C)C)o1. The van der Waals surface area contributed by atoms with Crippen molar-refractivity contribution in [1.82, 2.24) is 20.8 Å². The van der Waals surface area contributed by atoms with E-state index in [1.807, 2.05) is 13.8 Å². The van der Waals surface area contributed by atoms with Gasteiger partial charge in [-0.3, -0.25) is 14.9 Å². The van der Waals surface area contributed by atoms with Crippen LogP contribution in [-0.4, -0.2) is 40.6 Å². The molecule has 2 N–H and O–H groups in total. The van der Waals surface area contributed by atoms with Crippen LogP contribution in [0.25, 0.3) is 0 Å². The fraction of sp³-hybridized carbons (Fsp3) is 0.667. The summed E-state index contributed by atoms with van der Waals surface area (Å²) in [6.07, 6.45) is 0. The maximum atomic E-state index is 11.9. The number of amides is 2. The molecule has 8 nitrogen and oxygen atoms in total. The summed E-state index contributed by atoms with van der Waals surface area (Å²) in [6, 6.07) is 0.0941. The molecule has 2 heterocycles. The third kappa shape index (κ3) is 2.51. The van der Waals surface area contributed by atoms with E-state index >= 15 is 0 Å². The minimum absolute atomic E-state index is 0.00988. The van der Waals surface area contributed by atoms with Crippen molar-refractivity contribution in [3.05, 3.63) is 5.89 Å². The van der Waals surface area contributed by atoms with Gasteiger partial charge in [-0.15, -0.1) is 5.10 Å². The second kappa shape index (κ2) is 5.20. The summed E-state index contributed by atoms with van der Waals surface area (Å²) in [5.41, 5.74) is -0.918. The molecule has 1 unspecified atom stereocenters. The second-order valence-electron chi connectivity index (χ2n) is 5.22. The number of aromatic nitrogens is 2. The van der Waals surface area contributed by atoms with Crippen molar-refractivity contribution in [2.45, 2.75) is 39.3 Å². The van der Waals surface area contributed by atoms with Gasteiger partial charge in [0.15, 0.2) is 0 Å². The zero-order valence-electron chi connectivity index (χ0n) is 12.1. The van der Waals surface area contributed by atoms with Crippen LogP contribution < -0.4 is 15.5 Å². The minimum Gasteiger partial charge on any atom is -0.406 e. The summed E-state index contributed by atoms with van der Waals surface area (Å²) < 4.78 is 5.58. The van der Waals surface area contributed by atoms with Gasteiger partial charge in [0.05, 0.1) is 6.04 Å². The third-order valence-corrected chi connectivity index (χ3v) is 3.33. The monoisotopic (exact) mass is 281 g/mol. The van der Waals surface area contributed by atoms with Crippen LogP contribution in [0.15, 0.2) is 4.42 Å². The average molecular weight is 281 g/mol. The van der Waals surface area contributed by atoms with Crippen molar-refractivity contribution >= 4 is 17.8 Å². The van der Waals surface area contributed by atoms with Crippen molar-refractivity contribution in [3.8, 4) is 0 Å². The van der Waals surface area contributed by atoms with E-state index in [-0.39, 0.29) is 30.4 Å². The van der Waals surface area contributed by atoms with Crippen LogP contribution in [0.2, 0.25) is 0 Å². The summed E-state index contributed by atoms with van der Waals surface area (Å²) in [4.78, 5) is 24.9. The van der Waals surface area contributed by atoms with Gasteiger partial charge in [-0.1, -0.05) is 12.0 Å². The van der Waals surface area contributed by atoms with E-state index < -0.39 is 5.54 Å². The highest BCUT2D eigenvalue weighted by Gasteiger charge is 2.43. The first-order chi connectivity index (χ1) is 9.36. The van der Waals surface area contributed by atoms with Crippen molar-refractivity contribution < 1.29 is 14.0 Å². The Labute approximate surface area is 116 Å². The molecule has 0 aromatic carbocycles. The standard InChI is InChI=1S/C12H19N5O3/c1-5-13-7(2)9-15-16-11(20-9)17-6-8(18)14-10(19)12(17,3)4/h7,13H,5-6H2,1-4H3,(H,14,18,19). The molecule has 110 valence electrons. The molecule has 1 aliphatic heterocycles. The van der Waals surface area contributed by atoms with Crippen molar-refractivity contribution in [1.29, 1.82) is 0 Å². The topological polar surface area (TPSA) is 100 Å². The van der Waals surface area contributed by atoms with E-state index in [0.29, 0.717) is 5.89 Å². The first-order valence-corrected chi connectivity index (χ1v) is 6.55. The highest BCUT2D eigenvalue weighted by molar-refractivity contribution is 6.06. The lowest BCUT2D eigenvalue weighted by Crippen LogP contribution is -2.64. The Balaban J connectivity index is 2.26. The fourth-order valence-electron chi connectivity index (χ4n) is 1.99. The minimum atomic E-state index is -0.918. The maximum Gasteiger partial charge on any atom is 0.319 e. The molecule has 1 fully saturated rings. The lowest BCUT2D eigenvalue weighted by Gasteiger charge is -2.38. The van der Waals surface area contributed by atoms with Gasteiger partial charge in [0, 0.05) is 0 Å². The smallest absolute Gasteiger partial charge is 0.319 e. The second-order valence-corrected chi connectivity index (χ2v) is 5.22. The quantitative estimate of drug-likeness (QED) is 0.748. The molecule has 0 radical (unpaired) electrons. The highest BCUT2D eigenvalue weighted by atomic mass is 16.4. The highest BCUT2D eigenvalue weighted by Crippen LogP contribution is 2.26. The molecule has 2 rings (SSSR count). The van der Waals surface area contributed by atoms with Gasteiger partial charge >= 0.3 is 6.01 Å². The molecule has 1 saturated heterocycles. The van der Waals surface area contributed by atoms with E-state index in [1.54, 1.807) is 13.8 Å². The summed E-state index contributed by atoms with van der Waals surface area (Å²) in [6.45, 7) is 8.06. The molecule has 0 saturated carbocycles. The van der Waals surface area contributed by atoms with Crippen molar-refractivity contribution in [2.75, 3.05) is 18.0 Å². The number of nitrogens with zero attached hydrogens (tertiary/aromatic N) is 3. The molecule has 8 heteroatoms. The number of piperazine rings is 1. The number of hydrogen-bond acceptors (Lipinski definition) is 7. The van der Waals surface area contributed by atoms with Gasteiger partial charge in [0.25, 0.3) is 5.91 Å². The summed E-state index contributed by atoms with van der Waals surface area (Å²) in [5, 5.41) is 13.4. The molecular formula is C12H19N5O3.